The van der Waals surface area contributed by atoms with Crippen LogP contribution in [-0.4, -0.2) is 17.2 Å². The molecule has 0 heterocycles. The van der Waals surface area contributed by atoms with E-state index in [1.165, 1.54) is 12.5 Å². The number of benzene rings is 1. The SMILES string of the molecule is CCc1ccc(OC(C)C(=O)O)cc1. The lowest BCUT2D eigenvalue weighted by Crippen LogP contribution is -2.22. The minimum atomic E-state index is -0.954. The van der Waals surface area contributed by atoms with Crippen LogP contribution in [0.2, 0.25) is 0 Å². The van der Waals surface area contributed by atoms with Crippen molar-refractivity contribution in [1.29, 1.82) is 0 Å². The van der Waals surface area contributed by atoms with Crippen molar-refractivity contribution in [2.24, 2.45) is 0 Å². The fraction of sp³-hybridized carbons (Fsp3) is 0.364. The van der Waals surface area contributed by atoms with Gasteiger partial charge in [0.15, 0.2) is 6.10 Å². The van der Waals surface area contributed by atoms with Crippen LogP contribution in [0.3, 0.4) is 0 Å². The summed E-state index contributed by atoms with van der Waals surface area (Å²) in [7, 11) is 0. The molecule has 0 spiro atoms. The van der Waals surface area contributed by atoms with Gasteiger partial charge >= 0.3 is 5.97 Å². The zero-order valence-electron chi connectivity index (χ0n) is 8.36. The molecule has 1 atom stereocenters. The van der Waals surface area contributed by atoms with Gasteiger partial charge < -0.3 is 9.84 Å². The predicted octanol–water partition coefficient (Wildman–Crippen LogP) is 2.10. The predicted molar refractivity (Wildman–Crippen MR) is 53.5 cm³/mol. The van der Waals surface area contributed by atoms with Crippen LogP contribution in [0.15, 0.2) is 24.3 Å². The van der Waals surface area contributed by atoms with E-state index in [1.807, 2.05) is 12.1 Å². The van der Waals surface area contributed by atoms with Crippen LogP contribution in [-0.2, 0) is 11.2 Å². The van der Waals surface area contributed by atoms with Crippen molar-refractivity contribution >= 4 is 5.97 Å². The molecular formula is C11H14O3. The fourth-order valence-electron chi connectivity index (χ4n) is 1.06. The maximum atomic E-state index is 10.5. The van der Waals surface area contributed by atoms with Crippen molar-refractivity contribution in [3.8, 4) is 5.75 Å². The molecule has 0 saturated carbocycles. The number of aryl methyl sites for hydroxylation is 1. The molecule has 0 aliphatic carbocycles. The third-order valence-corrected chi connectivity index (χ3v) is 1.99. The van der Waals surface area contributed by atoms with Crippen LogP contribution >= 0.6 is 0 Å². The van der Waals surface area contributed by atoms with Gasteiger partial charge in [0, 0.05) is 0 Å². The van der Waals surface area contributed by atoms with Gasteiger partial charge in [-0.1, -0.05) is 19.1 Å². The standard InChI is InChI=1S/C11H14O3/c1-3-9-4-6-10(7-5-9)14-8(2)11(12)13/h4-8H,3H2,1-2H3,(H,12,13). The zero-order chi connectivity index (χ0) is 10.6. The number of ether oxygens (including phenoxy) is 1. The van der Waals surface area contributed by atoms with Gasteiger partial charge in [0.1, 0.15) is 5.75 Å². The molecule has 0 saturated heterocycles. The first-order chi connectivity index (χ1) is 6.63. The Morgan fingerprint density at radius 2 is 2.00 bits per heavy atom. The molecule has 0 bridgehead atoms. The van der Waals surface area contributed by atoms with E-state index in [2.05, 4.69) is 6.92 Å². The van der Waals surface area contributed by atoms with Crippen molar-refractivity contribution in [2.75, 3.05) is 0 Å². The van der Waals surface area contributed by atoms with Crippen molar-refractivity contribution in [3.63, 3.8) is 0 Å². The summed E-state index contributed by atoms with van der Waals surface area (Å²) in [6.45, 7) is 3.58. The third-order valence-electron chi connectivity index (χ3n) is 1.99. The molecule has 0 radical (unpaired) electrons. The van der Waals surface area contributed by atoms with Crippen LogP contribution in [0.25, 0.3) is 0 Å². The van der Waals surface area contributed by atoms with Gasteiger partial charge in [0.2, 0.25) is 0 Å². The van der Waals surface area contributed by atoms with Crippen molar-refractivity contribution < 1.29 is 14.6 Å². The monoisotopic (exact) mass is 194 g/mol. The first-order valence-electron chi connectivity index (χ1n) is 4.62. The lowest BCUT2D eigenvalue weighted by Gasteiger charge is -2.10. The van der Waals surface area contributed by atoms with Gasteiger partial charge in [-0.15, -0.1) is 0 Å². The second-order valence-electron chi connectivity index (χ2n) is 3.10. The van der Waals surface area contributed by atoms with Crippen molar-refractivity contribution in [1.82, 2.24) is 0 Å². The number of hydrogen-bond donors (Lipinski definition) is 1. The summed E-state index contributed by atoms with van der Waals surface area (Å²) in [4.78, 5) is 10.5. The average molecular weight is 194 g/mol. The third kappa shape index (κ3) is 2.76. The van der Waals surface area contributed by atoms with Gasteiger partial charge in [0.05, 0.1) is 0 Å². The number of rotatable bonds is 4. The lowest BCUT2D eigenvalue weighted by atomic mass is 10.2. The van der Waals surface area contributed by atoms with Gasteiger partial charge in [-0.25, -0.2) is 4.79 Å². The molecule has 1 N–H and O–H groups in total. The van der Waals surface area contributed by atoms with E-state index in [4.69, 9.17) is 9.84 Å². The number of aliphatic carboxylic acids is 1. The van der Waals surface area contributed by atoms with E-state index >= 15 is 0 Å². The molecule has 0 fully saturated rings. The van der Waals surface area contributed by atoms with E-state index in [9.17, 15) is 4.79 Å². The summed E-state index contributed by atoms with van der Waals surface area (Å²) in [5, 5.41) is 8.62. The van der Waals surface area contributed by atoms with E-state index in [0.29, 0.717) is 5.75 Å². The smallest absolute Gasteiger partial charge is 0.344 e. The molecule has 1 unspecified atom stereocenters. The van der Waals surface area contributed by atoms with Crippen LogP contribution < -0.4 is 4.74 Å². The molecule has 1 aromatic rings. The first kappa shape index (κ1) is 10.6. The minimum Gasteiger partial charge on any atom is -0.479 e. The molecule has 0 aromatic heterocycles. The number of carbonyl (C=O) groups is 1. The Balaban J connectivity index is 2.64. The summed E-state index contributed by atoms with van der Waals surface area (Å²) >= 11 is 0. The summed E-state index contributed by atoms with van der Waals surface area (Å²) in [6.07, 6.45) is 0.164. The first-order valence-corrected chi connectivity index (χ1v) is 4.62. The lowest BCUT2D eigenvalue weighted by molar-refractivity contribution is -0.144. The average Bonchev–Trinajstić information content (AvgIpc) is 2.19. The Hall–Kier alpha value is -1.51. The Morgan fingerprint density at radius 1 is 1.43 bits per heavy atom. The van der Waals surface area contributed by atoms with Crippen LogP contribution in [0.1, 0.15) is 19.4 Å². The van der Waals surface area contributed by atoms with E-state index in [-0.39, 0.29) is 0 Å². The topological polar surface area (TPSA) is 46.5 Å². The van der Waals surface area contributed by atoms with E-state index < -0.39 is 12.1 Å². The summed E-state index contributed by atoms with van der Waals surface area (Å²) in [6, 6.07) is 7.45. The normalized spacial score (nSPS) is 12.1. The molecule has 0 aliphatic heterocycles. The molecular weight excluding hydrogens is 180 g/mol. The Morgan fingerprint density at radius 3 is 2.43 bits per heavy atom. The molecule has 1 rings (SSSR count). The van der Waals surface area contributed by atoms with Gasteiger partial charge in [-0.2, -0.15) is 0 Å². The maximum absolute atomic E-state index is 10.5. The summed E-state index contributed by atoms with van der Waals surface area (Å²) < 4.78 is 5.18. The summed E-state index contributed by atoms with van der Waals surface area (Å²) in [5.41, 5.74) is 1.21. The highest BCUT2D eigenvalue weighted by atomic mass is 16.5. The van der Waals surface area contributed by atoms with Gasteiger partial charge in [-0.05, 0) is 31.0 Å². The molecule has 76 valence electrons. The molecule has 3 nitrogen and oxygen atoms in total. The van der Waals surface area contributed by atoms with E-state index in [1.54, 1.807) is 12.1 Å². The number of carboxylic acids is 1. The van der Waals surface area contributed by atoms with Crippen molar-refractivity contribution in [2.45, 2.75) is 26.4 Å². The molecule has 1 aromatic carbocycles. The van der Waals surface area contributed by atoms with Crippen LogP contribution in [0.5, 0.6) is 5.75 Å². The number of carboxylic acid groups (broad SMARTS) is 1. The Kier molecular flexibility index (Phi) is 3.51. The Bertz CT molecular complexity index is 303. The maximum Gasteiger partial charge on any atom is 0.344 e. The second kappa shape index (κ2) is 4.65. The van der Waals surface area contributed by atoms with Crippen molar-refractivity contribution in [3.05, 3.63) is 29.8 Å². The Labute approximate surface area is 83.3 Å². The highest BCUT2D eigenvalue weighted by Crippen LogP contribution is 2.14. The molecule has 3 heteroatoms. The molecule has 0 amide bonds. The van der Waals surface area contributed by atoms with Crippen LogP contribution in [0.4, 0.5) is 0 Å². The quantitative estimate of drug-likeness (QED) is 0.798. The minimum absolute atomic E-state index is 0.595. The highest BCUT2D eigenvalue weighted by molar-refractivity contribution is 5.72. The van der Waals surface area contributed by atoms with E-state index in [0.717, 1.165) is 6.42 Å². The number of hydrogen-bond acceptors (Lipinski definition) is 2. The zero-order valence-corrected chi connectivity index (χ0v) is 8.36. The molecule has 14 heavy (non-hydrogen) atoms. The van der Waals surface area contributed by atoms with Crippen LogP contribution in [0, 0.1) is 0 Å². The highest BCUT2D eigenvalue weighted by Gasteiger charge is 2.11. The summed E-state index contributed by atoms with van der Waals surface area (Å²) in [5.74, 6) is -0.360. The second-order valence-corrected chi connectivity index (χ2v) is 3.10. The fourth-order valence-corrected chi connectivity index (χ4v) is 1.06. The largest absolute Gasteiger partial charge is 0.479 e. The van der Waals surface area contributed by atoms with Gasteiger partial charge in [-0.3, -0.25) is 0 Å². The molecule has 0 aliphatic rings. The van der Waals surface area contributed by atoms with Gasteiger partial charge in [0.25, 0.3) is 0 Å².